The molecule has 0 aliphatic carbocycles. The van der Waals surface area contributed by atoms with Gasteiger partial charge in [0.2, 0.25) is 15.3 Å². The summed E-state index contributed by atoms with van der Waals surface area (Å²) in [6.45, 7) is 0. The number of hydrogen-bond acceptors (Lipinski definition) is 5. The van der Waals surface area contributed by atoms with Crippen LogP contribution in [0.25, 0.3) is 0 Å². The Balaban J connectivity index is 0.00000196. The van der Waals surface area contributed by atoms with Gasteiger partial charge in [-0.15, -0.1) is 0 Å². The van der Waals surface area contributed by atoms with Crippen LogP contribution < -0.4 is 34.7 Å². The van der Waals surface area contributed by atoms with Crippen LogP contribution in [0, 0.1) is 0 Å². The molecule has 1 aromatic rings. The molecule has 1 unspecified atom stereocenters. The van der Waals surface area contributed by atoms with Crippen molar-refractivity contribution in [3.8, 4) is 0 Å². The third-order valence-corrected chi connectivity index (χ3v) is 2.95. The topological polar surface area (TPSA) is 87.2 Å². The molecule has 0 fully saturated rings. The van der Waals surface area contributed by atoms with E-state index in [-0.39, 0.29) is 29.6 Å². The number of aromatic nitrogens is 1. The minimum absolute atomic E-state index is 0. The molecule has 0 aromatic carbocycles. The molecule has 0 saturated heterocycles. The van der Waals surface area contributed by atoms with Crippen LogP contribution in [0.4, 0.5) is 4.39 Å². The molecule has 0 N–H and O–H groups in total. The van der Waals surface area contributed by atoms with Gasteiger partial charge in [0, 0.05) is 6.20 Å². The van der Waals surface area contributed by atoms with Crippen LogP contribution in [0.2, 0.25) is 0 Å². The van der Waals surface area contributed by atoms with Gasteiger partial charge in [-0.25, -0.2) is 17.8 Å². The summed E-state index contributed by atoms with van der Waals surface area (Å²) in [5.74, 6) is -2.30. The smallest absolute Gasteiger partial charge is 0.546 e. The van der Waals surface area contributed by atoms with Crippen molar-refractivity contribution in [3.05, 3.63) is 24.4 Å². The molecule has 0 radical (unpaired) electrons. The number of aliphatic carboxylic acids is 1. The quantitative estimate of drug-likeness (QED) is 0.502. The molecule has 0 saturated carbocycles. The van der Waals surface area contributed by atoms with E-state index in [1.165, 1.54) is 12.1 Å². The van der Waals surface area contributed by atoms with Crippen molar-refractivity contribution in [1.29, 1.82) is 0 Å². The summed E-state index contributed by atoms with van der Waals surface area (Å²) < 4.78 is 34.9. The van der Waals surface area contributed by atoms with Crippen molar-refractivity contribution in [2.45, 2.75) is 10.5 Å². The number of carboxylic acid groups (broad SMARTS) is 1. The number of halogens is 1. The third-order valence-electron chi connectivity index (χ3n) is 1.39. The summed E-state index contributed by atoms with van der Waals surface area (Å²) in [7, 11) is -4.58. The van der Waals surface area contributed by atoms with E-state index in [2.05, 4.69) is 4.98 Å². The molecule has 76 valence electrons. The van der Waals surface area contributed by atoms with Crippen molar-refractivity contribution < 1.29 is 52.3 Å². The molecular weight excluding hydrogens is 236 g/mol. The first-order chi connectivity index (χ1) is 6.46. The molecule has 15 heavy (non-hydrogen) atoms. The van der Waals surface area contributed by atoms with Gasteiger partial charge in [-0.1, -0.05) is 6.07 Å². The predicted octanol–water partition coefficient (Wildman–Crippen LogP) is -4.10. The number of rotatable bonds is 3. The van der Waals surface area contributed by atoms with Crippen LogP contribution in [0.1, 0.15) is 0 Å². The fraction of sp³-hybridized carbons (Fsp3) is 0.143. The minimum Gasteiger partial charge on any atom is -0.546 e. The van der Waals surface area contributed by atoms with Crippen LogP contribution in [0.15, 0.2) is 29.4 Å². The van der Waals surface area contributed by atoms with Crippen molar-refractivity contribution in [1.82, 2.24) is 4.98 Å². The summed E-state index contributed by atoms with van der Waals surface area (Å²) in [4.78, 5) is 13.4. The van der Waals surface area contributed by atoms with Gasteiger partial charge in [0.1, 0.15) is 0 Å². The van der Waals surface area contributed by atoms with Crippen LogP contribution in [-0.2, 0) is 14.6 Å². The fourth-order valence-electron chi connectivity index (χ4n) is 0.748. The fourth-order valence-corrected chi connectivity index (χ4v) is 1.69. The van der Waals surface area contributed by atoms with Gasteiger partial charge in [-0.2, -0.15) is 0 Å². The Labute approximate surface area is 108 Å². The van der Waals surface area contributed by atoms with Crippen LogP contribution in [0.3, 0.4) is 0 Å². The number of carbonyl (C=O) groups is 1. The average molecular weight is 241 g/mol. The summed E-state index contributed by atoms with van der Waals surface area (Å²) in [6, 6.07) is 3.73. The Hall–Kier alpha value is -0.500. The van der Waals surface area contributed by atoms with E-state index in [4.69, 9.17) is 0 Å². The van der Waals surface area contributed by atoms with Crippen LogP contribution in [0.5, 0.6) is 0 Å². The Morgan fingerprint density at radius 1 is 1.47 bits per heavy atom. The summed E-state index contributed by atoms with van der Waals surface area (Å²) >= 11 is 0. The van der Waals surface area contributed by atoms with Gasteiger partial charge in [0.25, 0.3) is 0 Å². The molecule has 0 amide bonds. The van der Waals surface area contributed by atoms with Crippen molar-refractivity contribution in [2.24, 2.45) is 0 Å². The molecule has 1 heterocycles. The second-order valence-electron chi connectivity index (χ2n) is 2.35. The van der Waals surface area contributed by atoms with Crippen LogP contribution >= 0.6 is 0 Å². The van der Waals surface area contributed by atoms with Gasteiger partial charge in [0.05, 0.1) is 5.97 Å². The molecule has 1 aromatic heterocycles. The van der Waals surface area contributed by atoms with Crippen molar-refractivity contribution in [2.75, 3.05) is 0 Å². The van der Waals surface area contributed by atoms with E-state index < -0.39 is 26.3 Å². The van der Waals surface area contributed by atoms with E-state index in [1.807, 2.05) is 0 Å². The Morgan fingerprint density at radius 3 is 2.47 bits per heavy atom. The number of hydrogen-bond donors (Lipinski definition) is 0. The summed E-state index contributed by atoms with van der Waals surface area (Å²) in [6.07, 6.45) is 1.12. The van der Waals surface area contributed by atoms with Gasteiger partial charge in [-0.05, 0) is 12.1 Å². The number of alkyl halides is 1. The van der Waals surface area contributed by atoms with E-state index in [9.17, 15) is 22.7 Å². The molecule has 0 spiro atoms. The zero-order valence-electron chi connectivity index (χ0n) is 7.75. The second kappa shape index (κ2) is 5.55. The first-order valence-corrected chi connectivity index (χ1v) is 5.01. The SMILES string of the molecule is O=C([O-])C(F)S(=O)(=O)c1ccccn1.[Na+]. The maximum Gasteiger partial charge on any atom is 1.00 e. The molecular formula is C7H5FNNaO4S. The molecule has 8 heteroatoms. The zero-order valence-corrected chi connectivity index (χ0v) is 10.6. The molecule has 5 nitrogen and oxygen atoms in total. The molecule has 0 bridgehead atoms. The monoisotopic (exact) mass is 241 g/mol. The van der Waals surface area contributed by atoms with Gasteiger partial charge in [-0.3, -0.25) is 0 Å². The maximum absolute atomic E-state index is 12.7. The molecule has 1 atom stereocenters. The first kappa shape index (κ1) is 14.5. The number of carbonyl (C=O) groups excluding carboxylic acids is 1. The predicted molar refractivity (Wildman–Crippen MR) is 41.3 cm³/mol. The van der Waals surface area contributed by atoms with Crippen LogP contribution in [-0.4, -0.2) is 24.9 Å². The molecule has 1 rings (SSSR count). The van der Waals surface area contributed by atoms with Gasteiger partial charge >= 0.3 is 29.6 Å². The van der Waals surface area contributed by atoms with Gasteiger partial charge < -0.3 is 9.90 Å². The van der Waals surface area contributed by atoms with Crippen molar-refractivity contribution >= 4 is 15.8 Å². The largest absolute Gasteiger partial charge is 1.00 e. The van der Waals surface area contributed by atoms with E-state index in [0.29, 0.717) is 0 Å². The first-order valence-electron chi connectivity index (χ1n) is 3.46. The van der Waals surface area contributed by atoms with Crippen molar-refractivity contribution in [3.63, 3.8) is 0 Å². The standard InChI is InChI=1S/C7H6FNO4S.Na/c8-6(7(10)11)14(12,13)5-3-1-2-4-9-5;/h1-4,6H,(H,10,11);/q;+1/p-1. The number of pyridine rings is 1. The Morgan fingerprint density at radius 2 is 2.07 bits per heavy atom. The minimum atomic E-state index is -4.58. The number of nitrogens with zero attached hydrogens (tertiary/aromatic N) is 1. The normalized spacial score (nSPS) is 12.6. The number of sulfone groups is 1. The molecule has 0 aliphatic heterocycles. The van der Waals surface area contributed by atoms with E-state index in [0.717, 1.165) is 12.3 Å². The number of carboxylic acids is 1. The summed E-state index contributed by atoms with van der Waals surface area (Å²) in [5.41, 5.74) is -3.09. The Kier molecular flexibility index (Phi) is 5.36. The Bertz CT molecular complexity index is 436. The average Bonchev–Trinajstić information content (AvgIpc) is 2.18. The third kappa shape index (κ3) is 3.23. The van der Waals surface area contributed by atoms with E-state index in [1.54, 1.807) is 0 Å². The second-order valence-corrected chi connectivity index (χ2v) is 4.27. The summed E-state index contributed by atoms with van der Waals surface area (Å²) in [5, 5.41) is 9.40. The molecule has 0 aliphatic rings. The maximum atomic E-state index is 12.7. The van der Waals surface area contributed by atoms with Gasteiger partial charge in [0.15, 0.2) is 5.03 Å². The zero-order chi connectivity index (χ0) is 10.8. The van der Waals surface area contributed by atoms with E-state index >= 15 is 0 Å².